The number of thiocarbonyl (C=S) groups is 1. The van der Waals surface area contributed by atoms with Crippen LogP contribution in [0.3, 0.4) is 0 Å². The highest BCUT2D eigenvalue weighted by Gasteiger charge is 2.19. The van der Waals surface area contributed by atoms with Gasteiger partial charge in [-0.2, -0.15) is 0 Å². The second-order valence-electron chi connectivity index (χ2n) is 6.53. The molecule has 1 saturated heterocycles. The molecule has 0 radical (unpaired) electrons. The van der Waals surface area contributed by atoms with E-state index in [4.69, 9.17) is 17.0 Å². The third-order valence-electron chi connectivity index (χ3n) is 4.30. The van der Waals surface area contributed by atoms with Gasteiger partial charge in [0.15, 0.2) is 12.4 Å². The Hall–Kier alpha value is -1.93. The van der Waals surface area contributed by atoms with Crippen LogP contribution in [0.1, 0.15) is 37.0 Å². The van der Waals surface area contributed by atoms with E-state index in [1.165, 1.54) is 18.7 Å². The Morgan fingerprint density at radius 3 is 2.59 bits per heavy atom. The lowest BCUT2D eigenvalue weighted by Crippen LogP contribution is -2.36. The van der Waals surface area contributed by atoms with Crippen molar-refractivity contribution in [3.63, 3.8) is 0 Å². The minimum absolute atomic E-state index is 0.0716. The molecule has 8 heteroatoms. The molecule has 0 aliphatic carbocycles. The number of likely N-dealkylation sites (tertiary alicyclic amines) is 1. The number of rotatable bonds is 6. The van der Waals surface area contributed by atoms with E-state index in [0.29, 0.717) is 21.5 Å². The molecule has 146 valence electrons. The van der Waals surface area contributed by atoms with Gasteiger partial charge in [-0.1, -0.05) is 43.0 Å². The Morgan fingerprint density at radius 2 is 1.93 bits per heavy atom. The number of ketones is 1. The Balaban J connectivity index is 1.71. The Morgan fingerprint density at radius 1 is 1.26 bits per heavy atom. The van der Waals surface area contributed by atoms with Gasteiger partial charge in [0.2, 0.25) is 0 Å². The van der Waals surface area contributed by atoms with Crippen LogP contribution < -0.4 is 5.32 Å². The monoisotopic (exact) mass is 408 g/mol. The molecule has 0 atom stereocenters. The van der Waals surface area contributed by atoms with E-state index < -0.39 is 18.5 Å². The van der Waals surface area contributed by atoms with Crippen LogP contribution in [-0.2, 0) is 14.3 Å². The fourth-order valence-corrected chi connectivity index (χ4v) is 3.73. The fraction of sp³-hybridized carbons (Fsp3) is 0.474. The Bertz CT molecular complexity index is 715. The number of para-hydroxylation sites is 1. The molecule has 1 fully saturated rings. The van der Waals surface area contributed by atoms with E-state index in [2.05, 4.69) is 17.1 Å². The summed E-state index contributed by atoms with van der Waals surface area (Å²) in [6.07, 6.45) is 2.21. The zero-order chi connectivity index (χ0) is 19.8. The summed E-state index contributed by atoms with van der Waals surface area (Å²) in [6.45, 7) is 5.08. The topological polar surface area (TPSA) is 75.7 Å². The van der Waals surface area contributed by atoms with Crippen molar-refractivity contribution >= 4 is 51.6 Å². The molecule has 1 heterocycles. The molecule has 0 bridgehead atoms. The molecule has 0 saturated carbocycles. The van der Waals surface area contributed by atoms with E-state index >= 15 is 0 Å². The van der Waals surface area contributed by atoms with Gasteiger partial charge in [-0.15, -0.1) is 0 Å². The zero-order valence-corrected chi connectivity index (χ0v) is 17.2. The van der Waals surface area contributed by atoms with Crippen LogP contribution in [0.2, 0.25) is 0 Å². The number of hydrogen-bond donors (Lipinski definition) is 1. The number of benzene rings is 1. The van der Waals surface area contributed by atoms with Crippen LogP contribution in [0.5, 0.6) is 0 Å². The summed E-state index contributed by atoms with van der Waals surface area (Å²) in [4.78, 5) is 37.5. The lowest BCUT2D eigenvalue weighted by Gasteiger charge is -2.31. The summed E-state index contributed by atoms with van der Waals surface area (Å²) < 4.78 is 5.69. The number of thioether (sulfide) groups is 1. The third kappa shape index (κ3) is 6.95. The van der Waals surface area contributed by atoms with Gasteiger partial charge >= 0.3 is 5.97 Å². The summed E-state index contributed by atoms with van der Waals surface area (Å²) in [5, 5.41) is 2.59. The first kappa shape index (κ1) is 21.4. The first-order valence-electron chi connectivity index (χ1n) is 8.84. The molecule has 1 aromatic rings. The first-order chi connectivity index (χ1) is 12.9. The van der Waals surface area contributed by atoms with Gasteiger partial charge in [0, 0.05) is 18.7 Å². The number of ether oxygens (including phenoxy) is 1. The van der Waals surface area contributed by atoms with Gasteiger partial charge in [-0.3, -0.25) is 14.4 Å². The second kappa shape index (κ2) is 10.4. The number of carbonyl (C=O) groups excluding carboxylic acids is 3. The summed E-state index contributed by atoms with van der Waals surface area (Å²) in [7, 11) is 0. The van der Waals surface area contributed by atoms with Gasteiger partial charge in [0.1, 0.15) is 4.32 Å². The normalized spacial score (nSPS) is 14.5. The van der Waals surface area contributed by atoms with E-state index in [0.717, 1.165) is 25.9 Å². The van der Waals surface area contributed by atoms with E-state index in [9.17, 15) is 14.4 Å². The third-order valence-corrected chi connectivity index (χ3v) is 5.80. The molecule has 1 amide bonds. The zero-order valence-electron chi connectivity index (χ0n) is 15.5. The highest BCUT2D eigenvalue weighted by molar-refractivity contribution is 8.23. The largest absolute Gasteiger partial charge is 0.455 e. The van der Waals surface area contributed by atoms with Crippen molar-refractivity contribution in [3.05, 3.63) is 29.8 Å². The van der Waals surface area contributed by atoms with Crippen molar-refractivity contribution in [2.24, 2.45) is 5.92 Å². The molecule has 0 aromatic heterocycles. The summed E-state index contributed by atoms with van der Waals surface area (Å²) >= 11 is 6.62. The molecular formula is C19H24N2O4S2. The average Bonchev–Trinajstić information content (AvgIpc) is 2.65. The van der Waals surface area contributed by atoms with Crippen molar-refractivity contribution in [1.29, 1.82) is 0 Å². The molecule has 0 spiro atoms. The molecule has 1 N–H and O–H groups in total. The van der Waals surface area contributed by atoms with Crippen LogP contribution in [-0.4, -0.2) is 52.3 Å². The van der Waals surface area contributed by atoms with Gasteiger partial charge in [0.25, 0.3) is 5.91 Å². The molecule has 0 unspecified atom stereocenters. The predicted octanol–water partition coefficient (Wildman–Crippen LogP) is 3.12. The molecule has 6 nitrogen and oxygen atoms in total. The maximum absolute atomic E-state index is 12.0. The number of Topliss-reactive ketones (excluding diaryl/α,β-unsaturated/α-hetero) is 1. The van der Waals surface area contributed by atoms with Crippen LogP contribution in [0.15, 0.2) is 24.3 Å². The number of hydrogen-bond acceptors (Lipinski definition) is 6. The van der Waals surface area contributed by atoms with Crippen LogP contribution in [0, 0.1) is 5.92 Å². The summed E-state index contributed by atoms with van der Waals surface area (Å²) in [5.41, 5.74) is 0.815. The van der Waals surface area contributed by atoms with Gasteiger partial charge in [0.05, 0.1) is 11.4 Å². The van der Waals surface area contributed by atoms with Crippen molar-refractivity contribution in [2.75, 3.05) is 30.8 Å². The SMILES string of the molecule is CC(=O)c1ccccc1NC(=O)COC(=O)CSC(=S)N1CCC(C)CC1. The quantitative estimate of drug-likeness (QED) is 0.440. The van der Waals surface area contributed by atoms with Gasteiger partial charge in [-0.05, 0) is 37.8 Å². The van der Waals surface area contributed by atoms with Crippen molar-refractivity contribution in [2.45, 2.75) is 26.7 Å². The smallest absolute Gasteiger partial charge is 0.316 e. The number of nitrogens with one attached hydrogen (secondary N) is 1. The molecule has 1 aromatic carbocycles. The number of piperidine rings is 1. The lowest BCUT2D eigenvalue weighted by molar-refractivity contribution is -0.144. The molecule has 27 heavy (non-hydrogen) atoms. The molecule has 2 rings (SSSR count). The number of esters is 1. The van der Waals surface area contributed by atoms with E-state index in [1.54, 1.807) is 24.3 Å². The average molecular weight is 409 g/mol. The molecule has 1 aliphatic rings. The number of amides is 1. The second-order valence-corrected chi connectivity index (χ2v) is 8.14. The maximum atomic E-state index is 12.0. The van der Waals surface area contributed by atoms with Crippen LogP contribution >= 0.6 is 24.0 Å². The van der Waals surface area contributed by atoms with Crippen molar-refractivity contribution in [3.8, 4) is 0 Å². The predicted molar refractivity (Wildman–Crippen MR) is 111 cm³/mol. The molecular weight excluding hydrogens is 384 g/mol. The number of anilines is 1. The minimum atomic E-state index is -0.497. The minimum Gasteiger partial charge on any atom is -0.455 e. The summed E-state index contributed by atoms with van der Waals surface area (Å²) in [5.74, 6) is -0.356. The van der Waals surface area contributed by atoms with Crippen LogP contribution in [0.25, 0.3) is 0 Å². The Labute approximate surface area is 169 Å². The molecule has 1 aliphatic heterocycles. The maximum Gasteiger partial charge on any atom is 0.316 e. The summed E-state index contributed by atoms with van der Waals surface area (Å²) in [6, 6.07) is 6.69. The standard InChI is InChI=1S/C19H24N2O4S2/c1-13-7-9-21(10-8-13)19(26)27-12-18(24)25-11-17(23)20-16-6-4-3-5-15(16)14(2)22/h3-6,13H,7-12H2,1-2H3,(H,20,23). The van der Waals surface area contributed by atoms with Gasteiger partial charge < -0.3 is 15.0 Å². The first-order valence-corrected chi connectivity index (χ1v) is 10.2. The van der Waals surface area contributed by atoms with E-state index in [1.807, 2.05) is 0 Å². The Kier molecular flexibility index (Phi) is 8.24. The van der Waals surface area contributed by atoms with Crippen LogP contribution in [0.4, 0.5) is 5.69 Å². The van der Waals surface area contributed by atoms with Crippen molar-refractivity contribution in [1.82, 2.24) is 4.90 Å². The van der Waals surface area contributed by atoms with Crippen molar-refractivity contribution < 1.29 is 19.1 Å². The highest BCUT2D eigenvalue weighted by atomic mass is 32.2. The lowest BCUT2D eigenvalue weighted by atomic mass is 10.00. The highest BCUT2D eigenvalue weighted by Crippen LogP contribution is 2.20. The van der Waals surface area contributed by atoms with E-state index in [-0.39, 0.29) is 11.5 Å². The number of nitrogens with zero attached hydrogens (tertiary/aromatic N) is 1. The number of carbonyl (C=O) groups is 3. The van der Waals surface area contributed by atoms with Gasteiger partial charge in [-0.25, -0.2) is 0 Å². The fourth-order valence-electron chi connectivity index (χ4n) is 2.68.